The van der Waals surface area contributed by atoms with Gasteiger partial charge in [-0.15, -0.1) is 11.8 Å². The van der Waals surface area contributed by atoms with Gasteiger partial charge in [-0.2, -0.15) is 0 Å². The maximum absolute atomic E-state index is 5.47. The molecule has 0 bridgehead atoms. The Morgan fingerprint density at radius 2 is 2.12 bits per heavy atom. The minimum absolute atomic E-state index is 0.384. The van der Waals surface area contributed by atoms with Crippen LogP contribution in [-0.4, -0.2) is 25.1 Å². The van der Waals surface area contributed by atoms with E-state index in [0.717, 1.165) is 31.8 Å². The number of benzene rings is 1. The van der Waals surface area contributed by atoms with Crippen molar-refractivity contribution in [2.24, 2.45) is 0 Å². The van der Waals surface area contributed by atoms with E-state index in [1.54, 1.807) is 7.11 Å². The summed E-state index contributed by atoms with van der Waals surface area (Å²) in [5.41, 5.74) is 1.45. The minimum atomic E-state index is 0.384. The molecule has 1 aromatic carbocycles. The van der Waals surface area contributed by atoms with Crippen LogP contribution in [0.3, 0.4) is 0 Å². The highest BCUT2D eigenvalue weighted by Crippen LogP contribution is 2.53. The first-order valence-corrected chi connectivity index (χ1v) is 6.57. The van der Waals surface area contributed by atoms with Gasteiger partial charge in [0.2, 0.25) is 0 Å². The second-order valence-electron chi connectivity index (χ2n) is 4.52. The first-order valence-electron chi connectivity index (χ1n) is 5.76. The van der Waals surface area contributed by atoms with Crippen molar-refractivity contribution < 1.29 is 9.47 Å². The second-order valence-corrected chi connectivity index (χ2v) is 6.00. The van der Waals surface area contributed by atoms with Gasteiger partial charge >= 0.3 is 0 Å². The van der Waals surface area contributed by atoms with E-state index in [1.807, 2.05) is 11.8 Å². The number of hydrogen-bond donors (Lipinski definition) is 0. The predicted molar refractivity (Wildman–Crippen MR) is 65.3 cm³/mol. The smallest absolute Gasteiger partial charge is 0.132 e. The molecule has 0 atom stereocenters. The summed E-state index contributed by atoms with van der Waals surface area (Å²) in [5.74, 6) is 1.03. The van der Waals surface area contributed by atoms with Crippen molar-refractivity contribution in [3.8, 4) is 5.75 Å². The third kappa shape index (κ3) is 1.62. The number of rotatable bonds is 1. The Morgan fingerprint density at radius 3 is 2.88 bits per heavy atom. The van der Waals surface area contributed by atoms with E-state index in [0.29, 0.717) is 4.75 Å². The normalized spacial score (nSPS) is 22.1. The zero-order valence-corrected chi connectivity index (χ0v) is 10.3. The first kappa shape index (κ1) is 10.5. The van der Waals surface area contributed by atoms with Crippen LogP contribution in [0, 0.1) is 0 Å². The molecule has 0 unspecified atom stereocenters. The molecule has 2 aliphatic rings. The van der Waals surface area contributed by atoms with Crippen LogP contribution in [0.4, 0.5) is 0 Å². The quantitative estimate of drug-likeness (QED) is 0.747. The highest BCUT2D eigenvalue weighted by molar-refractivity contribution is 8.01. The molecule has 16 heavy (non-hydrogen) atoms. The molecule has 1 saturated heterocycles. The van der Waals surface area contributed by atoms with E-state index < -0.39 is 0 Å². The second kappa shape index (κ2) is 3.97. The molecule has 3 rings (SSSR count). The Balaban J connectivity index is 1.93. The lowest BCUT2D eigenvalue weighted by atomic mass is 9.92. The van der Waals surface area contributed by atoms with E-state index in [9.17, 15) is 0 Å². The van der Waals surface area contributed by atoms with Gasteiger partial charge in [0.15, 0.2) is 0 Å². The van der Waals surface area contributed by atoms with Crippen LogP contribution in [0.1, 0.15) is 18.4 Å². The van der Waals surface area contributed by atoms with E-state index in [-0.39, 0.29) is 0 Å². The SMILES string of the molecule is COc1cccc2c1SC1(CCOCC1)C2. The lowest BCUT2D eigenvalue weighted by Crippen LogP contribution is -2.32. The molecule has 86 valence electrons. The van der Waals surface area contributed by atoms with Crippen molar-refractivity contribution in [1.29, 1.82) is 0 Å². The van der Waals surface area contributed by atoms with Crippen molar-refractivity contribution in [1.82, 2.24) is 0 Å². The van der Waals surface area contributed by atoms with Gasteiger partial charge in [-0.05, 0) is 30.9 Å². The summed E-state index contributed by atoms with van der Waals surface area (Å²) in [5, 5.41) is 0. The zero-order valence-electron chi connectivity index (χ0n) is 9.49. The Labute approximate surface area is 100 Å². The summed E-state index contributed by atoms with van der Waals surface area (Å²) in [4.78, 5) is 1.35. The average molecular weight is 236 g/mol. The maximum atomic E-state index is 5.47. The number of methoxy groups -OCH3 is 1. The summed E-state index contributed by atoms with van der Waals surface area (Å²) in [6.07, 6.45) is 3.50. The molecule has 3 heteroatoms. The molecule has 1 fully saturated rings. The molecule has 0 saturated carbocycles. The molecule has 0 aliphatic carbocycles. The van der Waals surface area contributed by atoms with Crippen LogP contribution in [0.15, 0.2) is 23.1 Å². The van der Waals surface area contributed by atoms with Gasteiger partial charge < -0.3 is 9.47 Å². The highest BCUT2D eigenvalue weighted by Gasteiger charge is 2.40. The highest BCUT2D eigenvalue weighted by atomic mass is 32.2. The molecular weight excluding hydrogens is 220 g/mol. The summed E-state index contributed by atoms with van der Waals surface area (Å²) in [6, 6.07) is 6.38. The van der Waals surface area contributed by atoms with Crippen LogP contribution in [0.25, 0.3) is 0 Å². The molecule has 2 heterocycles. The maximum Gasteiger partial charge on any atom is 0.132 e. The zero-order chi connectivity index (χ0) is 11.0. The fraction of sp³-hybridized carbons (Fsp3) is 0.538. The number of ether oxygens (including phenoxy) is 2. The van der Waals surface area contributed by atoms with Crippen molar-refractivity contribution in [3.63, 3.8) is 0 Å². The Kier molecular flexibility index (Phi) is 2.60. The summed E-state index contributed by atoms with van der Waals surface area (Å²) in [7, 11) is 1.76. The fourth-order valence-corrected chi connectivity index (χ4v) is 4.15. The molecule has 1 spiro atoms. The van der Waals surface area contributed by atoms with Gasteiger partial charge in [-0.3, -0.25) is 0 Å². The lowest BCUT2D eigenvalue weighted by Gasteiger charge is -2.32. The molecule has 1 aromatic rings. The molecule has 0 N–H and O–H groups in total. The van der Waals surface area contributed by atoms with Gasteiger partial charge in [-0.1, -0.05) is 12.1 Å². The third-order valence-electron chi connectivity index (χ3n) is 3.52. The van der Waals surface area contributed by atoms with Crippen LogP contribution < -0.4 is 4.74 Å². The molecule has 0 radical (unpaired) electrons. The van der Waals surface area contributed by atoms with Crippen LogP contribution in [0.2, 0.25) is 0 Å². The van der Waals surface area contributed by atoms with Crippen LogP contribution in [-0.2, 0) is 11.2 Å². The van der Waals surface area contributed by atoms with Gasteiger partial charge in [0.1, 0.15) is 5.75 Å². The van der Waals surface area contributed by atoms with Crippen molar-refractivity contribution in [2.45, 2.75) is 28.9 Å². The van der Waals surface area contributed by atoms with Crippen LogP contribution >= 0.6 is 11.8 Å². The Bertz CT molecular complexity index is 397. The summed E-state index contributed by atoms with van der Waals surface area (Å²) in [6.45, 7) is 1.81. The lowest BCUT2D eigenvalue weighted by molar-refractivity contribution is 0.0782. The summed E-state index contributed by atoms with van der Waals surface area (Å²) < 4.78 is 11.3. The van der Waals surface area contributed by atoms with Crippen molar-refractivity contribution >= 4 is 11.8 Å². The monoisotopic (exact) mass is 236 g/mol. The molecule has 0 amide bonds. The standard InChI is InChI=1S/C13H16O2S/c1-14-11-4-2-3-10-9-13(16-12(10)11)5-7-15-8-6-13/h2-4H,5-9H2,1H3. The number of hydrogen-bond acceptors (Lipinski definition) is 3. The third-order valence-corrected chi connectivity index (χ3v) is 5.17. The van der Waals surface area contributed by atoms with Gasteiger partial charge in [0.05, 0.1) is 12.0 Å². The van der Waals surface area contributed by atoms with E-state index in [2.05, 4.69) is 18.2 Å². The average Bonchev–Trinajstić information content (AvgIpc) is 2.67. The topological polar surface area (TPSA) is 18.5 Å². The van der Waals surface area contributed by atoms with Gasteiger partial charge in [-0.25, -0.2) is 0 Å². The summed E-state index contributed by atoms with van der Waals surface area (Å²) >= 11 is 2.01. The minimum Gasteiger partial charge on any atom is -0.496 e. The number of thioether (sulfide) groups is 1. The van der Waals surface area contributed by atoms with Gasteiger partial charge in [0.25, 0.3) is 0 Å². The van der Waals surface area contributed by atoms with E-state index in [4.69, 9.17) is 9.47 Å². The van der Waals surface area contributed by atoms with Crippen molar-refractivity contribution in [3.05, 3.63) is 23.8 Å². The van der Waals surface area contributed by atoms with E-state index in [1.165, 1.54) is 16.9 Å². The first-order chi connectivity index (χ1) is 7.83. The van der Waals surface area contributed by atoms with Crippen molar-refractivity contribution in [2.75, 3.05) is 20.3 Å². The molecule has 2 aliphatic heterocycles. The van der Waals surface area contributed by atoms with Crippen LogP contribution in [0.5, 0.6) is 5.75 Å². The Hall–Kier alpha value is -0.670. The molecule has 2 nitrogen and oxygen atoms in total. The largest absolute Gasteiger partial charge is 0.496 e. The molecule has 0 aromatic heterocycles. The fourth-order valence-electron chi connectivity index (χ4n) is 2.60. The van der Waals surface area contributed by atoms with E-state index >= 15 is 0 Å². The predicted octanol–water partition coefficient (Wildman–Crippen LogP) is 2.89. The molecular formula is C13H16O2S. The number of fused-ring (bicyclic) bond motifs is 1. The Morgan fingerprint density at radius 1 is 1.31 bits per heavy atom. The van der Waals surface area contributed by atoms with Gasteiger partial charge in [0, 0.05) is 18.0 Å².